The lowest BCUT2D eigenvalue weighted by Gasteiger charge is -2.45. The zero-order chi connectivity index (χ0) is 15.5. The van der Waals surface area contributed by atoms with Gasteiger partial charge in [-0.15, -0.1) is 0 Å². The smallest absolute Gasteiger partial charge is 0.223 e. The molecule has 2 heterocycles. The Labute approximate surface area is 133 Å². The molecule has 22 heavy (non-hydrogen) atoms. The van der Waals surface area contributed by atoms with Crippen molar-refractivity contribution in [1.82, 2.24) is 4.90 Å². The maximum absolute atomic E-state index is 12.5. The molecule has 1 saturated heterocycles. The van der Waals surface area contributed by atoms with E-state index < -0.39 is 0 Å². The van der Waals surface area contributed by atoms with E-state index in [1.807, 2.05) is 0 Å². The van der Waals surface area contributed by atoms with Crippen LogP contribution in [0, 0.1) is 18.8 Å². The summed E-state index contributed by atoms with van der Waals surface area (Å²) in [4.78, 5) is 14.7. The molecule has 2 heteroatoms. The van der Waals surface area contributed by atoms with E-state index >= 15 is 0 Å². The second-order valence-corrected chi connectivity index (χ2v) is 7.58. The summed E-state index contributed by atoms with van der Waals surface area (Å²) in [6.45, 7) is 7.76. The third-order valence-corrected chi connectivity index (χ3v) is 6.38. The number of rotatable bonds is 1. The first-order valence-electron chi connectivity index (χ1n) is 8.60. The first kappa shape index (κ1) is 14.0. The van der Waals surface area contributed by atoms with Gasteiger partial charge in [-0.3, -0.25) is 4.79 Å². The Balaban J connectivity index is 1.88. The summed E-state index contributed by atoms with van der Waals surface area (Å²) in [6.07, 6.45) is 4.14. The van der Waals surface area contributed by atoms with E-state index in [0.717, 1.165) is 31.7 Å². The quantitative estimate of drug-likeness (QED) is 0.761. The molecule has 3 aliphatic rings. The Kier molecular flexibility index (Phi) is 3.01. The standard InChI is InChI=1S/C20H25NO/c1-13-10-16-11-19(22)21-9-8-18(15(3)20(16,21)12-13)17-7-5-4-6-14(17)2/h4-7,13,16H,8-12H2,1-3H3/t13-,16-,20+/m1/s1. The van der Waals surface area contributed by atoms with Crippen LogP contribution in [-0.2, 0) is 4.79 Å². The van der Waals surface area contributed by atoms with Gasteiger partial charge < -0.3 is 4.90 Å². The average Bonchev–Trinajstić information content (AvgIpc) is 2.92. The highest BCUT2D eigenvalue weighted by Gasteiger charge is 2.59. The highest BCUT2D eigenvalue weighted by Crippen LogP contribution is 2.57. The molecule has 3 atom stereocenters. The highest BCUT2D eigenvalue weighted by molar-refractivity contribution is 5.85. The maximum Gasteiger partial charge on any atom is 0.223 e. The first-order valence-corrected chi connectivity index (χ1v) is 8.60. The van der Waals surface area contributed by atoms with Crippen molar-refractivity contribution in [1.29, 1.82) is 0 Å². The summed E-state index contributed by atoms with van der Waals surface area (Å²) >= 11 is 0. The van der Waals surface area contributed by atoms with E-state index in [1.54, 1.807) is 0 Å². The highest BCUT2D eigenvalue weighted by atomic mass is 16.2. The molecule has 0 unspecified atom stereocenters. The first-order chi connectivity index (χ1) is 10.5. The third kappa shape index (κ3) is 1.70. The average molecular weight is 295 g/mol. The van der Waals surface area contributed by atoms with Gasteiger partial charge in [0, 0.05) is 13.0 Å². The van der Waals surface area contributed by atoms with Crippen LogP contribution >= 0.6 is 0 Å². The number of carbonyl (C=O) groups excluding carboxylic acids is 1. The van der Waals surface area contributed by atoms with Gasteiger partial charge in [0.1, 0.15) is 0 Å². The fourth-order valence-electron chi connectivity index (χ4n) is 5.49. The van der Waals surface area contributed by atoms with Crippen LogP contribution in [-0.4, -0.2) is 22.9 Å². The van der Waals surface area contributed by atoms with Crippen LogP contribution < -0.4 is 0 Å². The molecule has 0 radical (unpaired) electrons. The number of carbonyl (C=O) groups is 1. The molecule has 0 N–H and O–H groups in total. The predicted molar refractivity (Wildman–Crippen MR) is 89.3 cm³/mol. The number of hydrogen-bond acceptors (Lipinski definition) is 1. The minimum atomic E-state index is 0.0341. The van der Waals surface area contributed by atoms with E-state index in [4.69, 9.17) is 0 Å². The second-order valence-electron chi connectivity index (χ2n) is 7.58. The van der Waals surface area contributed by atoms with Crippen molar-refractivity contribution in [2.75, 3.05) is 6.54 Å². The molecule has 1 saturated carbocycles. The van der Waals surface area contributed by atoms with Gasteiger partial charge in [0.15, 0.2) is 0 Å². The topological polar surface area (TPSA) is 20.3 Å². The van der Waals surface area contributed by atoms with Gasteiger partial charge >= 0.3 is 0 Å². The molecular formula is C20H25NO. The van der Waals surface area contributed by atoms with Crippen LogP contribution in [0.5, 0.6) is 0 Å². The summed E-state index contributed by atoms with van der Waals surface area (Å²) in [6, 6.07) is 8.71. The van der Waals surface area contributed by atoms with E-state index in [-0.39, 0.29) is 5.54 Å². The van der Waals surface area contributed by atoms with E-state index in [2.05, 4.69) is 49.9 Å². The lowest BCUT2D eigenvalue weighted by molar-refractivity contribution is -0.130. The van der Waals surface area contributed by atoms with Crippen molar-refractivity contribution in [2.24, 2.45) is 11.8 Å². The fraction of sp³-hybridized carbons (Fsp3) is 0.550. The van der Waals surface area contributed by atoms with Crippen molar-refractivity contribution in [2.45, 2.75) is 52.0 Å². The lowest BCUT2D eigenvalue weighted by atomic mass is 9.74. The largest absolute Gasteiger partial charge is 0.333 e. The Morgan fingerprint density at radius 3 is 2.77 bits per heavy atom. The van der Waals surface area contributed by atoms with Crippen LogP contribution in [0.1, 0.15) is 50.7 Å². The lowest BCUT2D eigenvalue weighted by Crippen LogP contribution is -2.51. The molecule has 1 aromatic carbocycles. The van der Waals surface area contributed by atoms with Crippen molar-refractivity contribution >= 4 is 11.5 Å². The molecule has 1 spiro atoms. The number of nitrogens with zero attached hydrogens (tertiary/aromatic N) is 1. The minimum Gasteiger partial charge on any atom is -0.333 e. The monoisotopic (exact) mass is 295 g/mol. The van der Waals surface area contributed by atoms with Crippen LogP contribution in [0.4, 0.5) is 0 Å². The number of benzene rings is 1. The molecule has 2 aliphatic heterocycles. The molecule has 2 nitrogen and oxygen atoms in total. The molecule has 116 valence electrons. The molecule has 1 aromatic rings. The summed E-state index contributed by atoms with van der Waals surface area (Å²) in [5.74, 6) is 1.65. The predicted octanol–water partition coefficient (Wildman–Crippen LogP) is 4.19. The molecular weight excluding hydrogens is 270 g/mol. The van der Waals surface area contributed by atoms with Crippen LogP contribution in [0.2, 0.25) is 0 Å². The molecule has 4 rings (SSSR count). The SMILES string of the molecule is CC1=C(c2ccccc2C)CCN2C(=O)C[C@H]3C[C@@H](C)C[C@]132. The third-order valence-electron chi connectivity index (χ3n) is 6.38. The zero-order valence-electron chi connectivity index (χ0n) is 13.9. The molecule has 0 bridgehead atoms. The summed E-state index contributed by atoms with van der Waals surface area (Å²) in [5.41, 5.74) is 5.77. The molecule has 1 amide bonds. The van der Waals surface area contributed by atoms with Gasteiger partial charge in [-0.2, -0.15) is 0 Å². The van der Waals surface area contributed by atoms with Gasteiger partial charge in [0.25, 0.3) is 0 Å². The zero-order valence-corrected chi connectivity index (χ0v) is 13.9. The van der Waals surface area contributed by atoms with Crippen molar-refractivity contribution in [3.05, 3.63) is 41.0 Å². The number of amides is 1. The van der Waals surface area contributed by atoms with E-state index in [0.29, 0.717) is 11.8 Å². The van der Waals surface area contributed by atoms with Crippen molar-refractivity contribution in [3.8, 4) is 0 Å². The van der Waals surface area contributed by atoms with Crippen LogP contribution in [0.25, 0.3) is 5.57 Å². The van der Waals surface area contributed by atoms with Crippen LogP contribution in [0.15, 0.2) is 29.8 Å². The van der Waals surface area contributed by atoms with Crippen LogP contribution in [0.3, 0.4) is 0 Å². The Morgan fingerprint density at radius 2 is 2.00 bits per heavy atom. The van der Waals surface area contributed by atoms with Crippen molar-refractivity contribution in [3.63, 3.8) is 0 Å². The van der Waals surface area contributed by atoms with Crippen molar-refractivity contribution < 1.29 is 4.79 Å². The van der Waals surface area contributed by atoms with Gasteiger partial charge in [-0.05, 0) is 67.2 Å². The van der Waals surface area contributed by atoms with E-state index in [1.165, 1.54) is 28.7 Å². The summed E-state index contributed by atoms with van der Waals surface area (Å²) < 4.78 is 0. The minimum absolute atomic E-state index is 0.0341. The second kappa shape index (κ2) is 4.71. The Hall–Kier alpha value is -1.57. The summed E-state index contributed by atoms with van der Waals surface area (Å²) in [5, 5.41) is 0. The van der Waals surface area contributed by atoms with Gasteiger partial charge in [0.05, 0.1) is 5.54 Å². The number of aryl methyl sites for hydroxylation is 1. The molecule has 0 aromatic heterocycles. The van der Waals surface area contributed by atoms with Gasteiger partial charge in [-0.1, -0.05) is 31.2 Å². The summed E-state index contributed by atoms with van der Waals surface area (Å²) in [7, 11) is 0. The Bertz CT molecular complexity index is 674. The van der Waals surface area contributed by atoms with Gasteiger partial charge in [0.2, 0.25) is 5.91 Å². The molecule has 1 aliphatic carbocycles. The van der Waals surface area contributed by atoms with E-state index in [9.17, 15) is 4.79 Å². The Morgan fingerprint density at radius 1 is 1.23 bits per heavy atom. The van der Waals surface area contributed by atoms with Gasteiger partial charge in [-0.25, -0.2) is 0 Å². The molecule has 2 fully saturated rings. The normalized spacial score (nSPS) is 34.1. The maximum atomic E-state index is 12.5. The fourth-order valence-corrected chi connectivity index (χ4v) is 5.49. The number of hydrogen-bond donors (Lipinski definition) is 0.